The van der Waals surface area contributed by atoms with Crippen LogP contribution in [0.4, 0.5) is 0 Å². The Morgan fingerprint density at radius 1 is 1.45 bits per heavy atom. The van der Waals surface area contributed by atoms with Crippen molar-refractivity contribution in [2.24, 2.45) is 0 Å². The second-order valence-corrected chi connectivity index (χ2v) is 8.67. The summed E-state index contributed by atoms with van der Waals surface area (Å²) in [5.41, 5.74) is 1.23. The van der Waals surface area contributed by atoms with Crippen LogP contribution in [-0.4, -0.2) is 42.2 Å². The first-order valence-corrected chi connectivity index (χ1v) is 11.0. The van der Waals surface area contributed by atoms with Gasteiger partial charge in [-0.2, -0.15) is 5.26 Å². The molecule has 0 spiro atoms. The molecule has 29 heavy (non-hydrogen) atoms. The van der Waals surface area contributed by atoms with Gasteiger partial charge in [0.15, 0.2) is 0 Å². The highest BCUT2D eigenvalue weighted by molar-refractivity contribution is 8.03. The number of likely N-dealkylation sites (tertiary alicyclic amines) is 1. The predicted molar refractivity (Wildman–Crippen MR) is 114 cm³/mol. The van der Waals surface area contributed by atoms with Crippen molar-refractivity contribution in [2.75, 3.05) is 19.4 Å². The summed E-state index contributed by atoms with van der Waals surface area (Å²) < 4.78 is 5.18. The number of ether oxygens (including phenoxy) is 1. The number of carbonyl (C=O) groups excluding carboxylic acids is 2. The third kappa shape index (κ3) is 4.88. The lowest BCUT2D eigenvalue weighted by molar-refractivity contribution is -0.131. The topological polar surface area (TPSA) is 82.4 Å². The molecule has 6 nitrogen and oxygen atoms in total. The van der Waals surface area contributed by atoms with Crippen molar-refractivity contribution >= 4 is 35.2 Å². The molecule has 2 amide bonds. The molecule has 1 fully saturated rings. The Hall–Kier alpha value is -2.17. The average Bonchev–Trinajstić information content (AvgIpc) is 2.71. The molecule has 2 aliphatic heterocycles. The number of thioether (sulfide) groups is 1. The van der Waals surface area contributed by atoms with Crippen LogP contribution in [0.1, 0.15) is 44.1 Å². The Balaban J connectivity index is 1.80. The molecule has 0 unspecified atom stereocenters. The van der Waals surface area contributed by atoms with Gasteiger partial charge in [0.1, 0.15) is 5.75 Å². The molecule has 154 valence electrons. The van der Waals surface area contributed by atoms with Crippen LogP contribution in [0.3, 0.4) is 0 Å². The third-order valence-corrected chi connectivity index (χ3v) is 6.69. The zero-order chi connectivity index (χ0) is 21.0. The van der Waals surface area contributed by atoms with Crippen molar-refractivity contribution in [1.82, 2.24) is 10.2 Å². The lowest BCUT2D eigenvalue weighted by Gasteiger charge is -2.33. The number of halogens is 1. The second kappa shape index (κ2) is 9.55. The molecule has 0 bridgehead atoms. The Bertz CT molecular complexity index is 880. The molecule has 1 aromatic rings. The first kappa shape index (κ1) is 21.5. The van der Waals surface area contributed by atoms with Gasteiger partial charge in [0.05, 0.1) is 34.6 Å². The van der Waals surface area contributed by atoms with Gasteiger partial charge in [-0.25, -0.2) is 0 Å². The van der Waals surface area contributed by atoms with E-state index in [-0.39, 0.29) is 30.0 Å². The maximum atomic E-state index is 12.6. The van der Waals surface area contributed by atoms with E-state index in [0.717, 1.165) is 31.4 Å². The van der Waals surface area contributed by atoms with Gasteiger partial charge in [0.2, 0.25) is 11.8 Å². The molecular formula is C21H24ClN3O3S. The summed E-state index contributed by atoms with van der Waals surface area (Å²) in [7, 11) is 1.53. The maximum Gasteiger partial charge on any atom is 0.233 e. The van der Waals surface area contributed by atoms with E-state index in [1.165, 1.54) is 18.9 Å². The molecule has 0 aromatic heterocycles. The van der Waals surface area contributed by atoms with Gasteiger partial charge in [0.25, 0.3) is 0 Å². The molecule has 1 aromatic carbocycles. The number of rotatable bonds is 5. The van der Waals surface area contributed by atoms with Gasteiger partial charge < -0.3 is 15.0 Å². The van der Waals surface area contributed by atoms with E-state index in [9.17, 15) is 14.9 Å². The fraction of sp³-hybridized carbons (Fsp3) is 0.476. The molecule has 0 saturated carbocycles. The van der Waals surface area contributed by atoms with Crippen LogP contribution in [0, 0.1) is 11.3 Å². The highest BCUT2D eigenvalue weighted by Crippen LogP contribution is 2.38. The van der Waals surface area contributed by atoms with E-state index >= 15 is 0 Å². The molecule has 1 saturated heterocycles. The fourth-order valence-corrected chi connectivity index (χ4v) is 5.03. The van der Waals surface area contributed by atoms with Crippen LogP contribution in [0.25, 0.3) is 0 Å². The molecule has 0 radical (unpaired) electrons. The number of nitriles is 1. The van der Waals surface area contributed by atoms with Crippen LogP contribution in [0.5, 0.6) is 5.75 Å². The van der Waals surface area contributed by atoms with Crippen molar-refractivity contribution in [1.29, 1.82) is 5.26 Å². The fourth-order valence-electron chi connectivity index (χ4n) is 3.80. The first-order valence-electron chi connectivity index (χ1n) is 9.64. The molecule has 3 rings (SSSR count). The molecule has 2 heterocycles. The van der Waals surface area contributed by atoms with Gasteiger partial charge in [-0.3, -0.25) is 9.59 Å². The minimum atomic E-state index is -0.399. The van der Waals surface area contributed by atoms with E-state index in [1.54, 1.807) is 12.1 Å². The third-order valence-electron chi connectivity index (χ3n) is 5.40. The monoisotopic (exact) mass is 433 g/mol. The standard InChI is InChI=1S/C21H24ClN3O3S/c1-13-5-3-4-8-25(13)20(27)12-29-21-16(11-23)15(10-19(26)24-21)14-6-7-18(28-2)17(22)9-14/h6-7,9,13,15H,3-5,8,10,12H2,1-2H3,(H,24,26)/t13-,15-/m0/s1. The molecule has 0 aliphatic carbocycles. The van der Waals surface area contributed by atoms with E-state index in [2.05, 4.69) is 18.3 Å². The summed E-state index contributed by atoms with van der Waals surface area (Å²) in [6, 6.07) is 7.73. The summed E-state index contributed by atoms with van der Waals surface area (Å²) in [5, 5.41) is 13.4. The van der Waals surface area contributed by atoms with Crippen LogP contribution in [0.2, 0.25) is 5.02 Å². The number of allylic oxidation sites excluding steroid dienone is 1. The number of nitrogens with zero attached hydrogens (tertiary/aromatic N) is 2. The summed E-state index contributed by atoms with van der Waals surface area (Å²) in [6.07, 6.45) is 3.33. The minimum Gasteiger partial charge on any atom is -0.495 e. The van der Waals surface area contributed by atoms with Gasteiger partial charge >= 0.3 is 0 Å². The van der Waals surface area contributed by atoms with Gasteiger partial charge in [0, 0.05) is 24.9 Å². The van der Waals surface area contributed by atoms with Crippen molar-refractivity contribution in [3.8, 4) is 11.8 Å². The second-order valence-electron chi connectivity index (χ2n) is 7.27. The zero-order valence-electron chi connectivity index (χ0n) is 16.5. The van der Waals surface area contributed by atoms with Crippen LogP contribution in [0.15, 0.2) is 28.8 Å². The van der Waals surface area contributed by atoms with E-state index < -0.39 is 5.92 Å². The first-order chi connectivity index (χ1) is 13.9. The Labute approximate surface area is 180 Å². The number of amides is 2. The summed E-state index contributed by atoms with van der Waals surface area (Å²) in [4.78, 5) is 26.9. The van der Waals surface area contributed by atoms with Crippen LogP contribution >= 0.6 is 23.4 Å². The lowest BCUT2D eigenvalue weighted by Crippen LogP contribution is -2.43. The zero-order valence-corrected chi connectivity index (χ0v) is 18.1. The van der Waals surface area contributed by atoms with Crippen LogP contribution < -0.4 is 10.1 Å². The number of methoxy groups -OCH3 is 1. The molecule has 1 N–H and O–H groups in total. The van der Waals surface area contributed by atoms with E-state index in [4.69, 9.17) is 16.3 Å². The van der Waals surface area contributed by atoms with Crippen molar-refractivity contribution in [3.63, 3.8) is 0 Å². The number of nitrogens with one attached hydrogen (secondary N) is 1. The Morgan fingerprint density at radius 3 is 2.90 bits per heavy atom. The predicted octanol–water partition coefficient (Wildman–Crippen LogP) is 3.82. The number of hydrogen-bond acceptors (Lipinski definition) is 5. The highest BCUT2D eigenvalue weighted by atomic mass is 35.5. The van der Waals surface area contributed by atoms with Crippen molar-refractivity contribution in [2.45, 2.75) is 44.6 Å². The summed E-state index contributed by atoms with van der Waals surface area (Å²) in [6.45, 7) is 2.83. The van der Waals surface area contributed by atoms with Gasteiger partial charge in [-0.05, 0) is 43.9 Å². The summed E-state index contributed by atoms with van der Waals surface area (Å²) in [5.74, 6) is 0.192. The SMILES string of the molecule is COc1ccc([C@@H]2CC(=O)NC(SCC(=O)N3CCCC[C@@H]3C)=C2C#N)cc1Cl. The number of carbonyl (C=O) groups is 2. The van der Waals surface area contributed by atoms with Crippen LogP contribution in [-0.2, 0) is 9.59 Å². The average molecular weight is 434 g/mol. The van der Waals surface area contributed by atoms with E-state index in [1.807, 2.05) is 11.0 Å². The Kier molecular flexibility index (Phi) is 7.09. The lowest BCUT2D eigenvalue weighted by atomic mass is 9.87. The molecule has 8 heteroatoms. The normalized spacial score (nSPS) is 22.1. The smallest absolute Gasteiger partial charge is 0.233 e. The minimum absolute atomic E-state index is 0.0378. The van der Waals surface area contributed by atoms with Crippen molar-refractivity contribution < 1.29 is 14.3 Å². The maximum absolute atomic E-state index is 12.6. The van der Waals surface area contributed by atoms with Crippen molar-refractivity contribution in [3.05, 3.63) is 39.4 Å². The number of piperidine rings is 1. The molecule has 2 aliphatic rings. The quantitative estimate of drug-likeness (QED) is 0.763. The Morgan fingerprint density at radius 2 is 2.24 bits per heavy atom. The van der Waals surface area contributed by atoms with E-state index in [0.29, 0.717) is 21.4 Å². The highest BCUT2D eigenvalue weighted by Gasteiger charge is 2.31. The number of benzene rings is 1. The summed E-state index contributed by atoms with van der Waals surface area (Å²) >= 11 is 7.46. The molecule has 2 atom stereocenters. The largest absolute Gasteiger partial charge is 0.495 e. The molecular weight excluding hydrogens is 410 g/mol. The number of hydrogen-bond donors (Lipinski definition) is 1. The van der Waals surface area contributed by atoms with Gasteiger partial charge in [-0.1, -0.05) is 29.4 Å². The van der Waals surface area contributed by atoms with Gasteiger partial charge in [-0.15, -0.1) is 0 Å².